The molecule has 1 aromatic rings. The van der Waals surface area contributed by atoms with Crippen LogP contribution in [0.4, 0.5) is 5.69 Å². The summed E-state index contributed by atoms with van der Waals surface area (Å²) in [5, 5.41) is 16.5. The third-order valence-electron chi connectivity index (χ3n) is 2.67. The number of nitrogens with one attached hydrogen (secondary N) is 2. The molecule has 0 fully saturated rings. The van der Waals surface area contributed by atoms with Crippen LogP contribution in [0.25, 0.3) is 0 Å². The molecule has 19 heavy (non-hydrogen) atoms. The van der Waals surface area contributed by atoms with Gasteiger partial charge in [0.2, 0.25) is 5.91 Å². The van der Waals surface area contributed by atoms with Gasteiger partial charge in [-0.1, -0.05) is 19.1 Å². The second kappa shape index (κ2) is 7.48. The number of likely N-dealkylation sites (N-methyl/N-ethyl adjacent to an activating group) is 1. The van der Waals surface area contributed by atoms with E-state index in [-0.39, 0.29) is 24.1 Å². The molecule has 1 amide bonds. The SMILES string of the molecule is CCN[C@H](C)CNC(=O)Cc1ccc([N+](=O)[O-])cc1. The van der Waals surface area contributed by atoms with E-state index in [0.717, 1.165) is 12.1 Å². The molecule has 1 rings (SSSR count). The van der Waals surface area contributed by atoms with E-state index in [1.54, 1.807) is 12.1 Å². The van der Waals surface area contributed by atoms with Crippen molar-refractivity contribution >= 4 is 11.6 Å². The van der Waals surface area contributed by atoms with E-state index in [1.165, 1.54) is 12.1 Å². The normalized spacial score (nSPS) is 11.9. The van der Waals surface area contributed by atoms with E-state index in [1.807, 2.05) is 13.8 Å². The third kappa shape index (κ3) is 5.48. The van der Waals surface area contributed by atoms with Crippen molar-refractivity contribution in [3.8, 4) is 0 Å². The molecule has 6 heteroatoms. The summed E-state index contributed by atoms with van der Waals surface area (Å²) in [5.41, 5.74) is 0.795. The number of carbonyl (C=O) groups excluding carboxylic acids is 1. The molecule has 0 bridgehead atoms. The first-order valence-electron chi connectivity index (χ1n) is 6.26. The number of nitrogens with zero attached hydrogens (tertiary/aromatic N) is 1. The largest absolute Gasteiger partial charge is 0.354 e. The first-order chi connectivity index (χ1) is 9.02. The van der Waals surface area contributed by atoms with E-state index < -0.39 is 4.92 Å². The molecule has 0 aliphatic heterocycles. The molecular weight excluding hydrogens is 246 g/mol. The summed E-state index contributed by atoms with van der Waals surface area (Å²) in [7, 11) is 0. The highest BCUT2D eigenvalue weighted by atomic mass is 16.6. The van der Waals surface area contributed by atoms with Gasteiger partial charge in [-0.3, -0.25) is 14.9 Å². The van der Waals surface area contributed by atoms with E-state index in [9.17, 15) is 14.9 Å². The van der Waals surface area contributed by atoms with Crippen LogP contribution < -0.4 is 10.6 Å². The Morgan fingerprint density at radius 3 is 2.53 bits per heavy atom. The van der Waals surface area contributed by atoms with Crippen molar-refractivity contribution in [2.75, 3.05) is 13.1 Å². The summed E-state index contributed by atoms with van der Waals surface area (Å²) >= 11 is 0. The standard InChI is InChI=1S/C13H19N3O3/c1-3-14-10(2)9-15-13(17)8-11-4-6-12(7-5-11)16(18)19/h4-7,10,14H,3,8-9H2,1-2H3,(H,15,17)/t10-/m1/s1. The highest BCUT2D eigenvalue weighted by molar-refractivity contribution is 5.78. The monoisotopic (exact) mass is 265 g/mol. The second-order valence-electron chi connectivity index (χ2n) is 4.36. The smallest absolute Gasteiger partial charge is 0.269 e. The van der Waals surface area contributed by atoms with Crippen LogP contribution in [0.3, 0.4) is 0 Å². The highest BCUT2D eigenvalue weighted by Crippen LogP contribution is 2.12. The number of benzene rings is 1. The van der Waals surface area contributed by atoms with Gasteiger partial charge in [0, 0.05) is 24.7 Å². The summed E-state index contributed by atoms with van der Waals surface area (Å²) in [6.45, 7) is 5.43. The molecule has 0 saturated heterocycles. The Bertz CT molecular complexity index is 431. The Labute approximate surface area is 112 Å². The molecule has 1 atom stereocenters. The lowest BCUT2D eigenvalue weighted by molar-refractivity contribution is -0.384. The fourth-order valence-corrected chi connectivity index (χ4v) is 1.67. The van der Waals surface area contributed by atoms with Crippen LogP contribution in [0, 0.1) is 10.1 Å². The molecule has 2 N–H and O–H groups in total. The van der Waals surface area contributed by atoms with Crippen LogP contribution in [0.5, 0.6) is 0 Å². The number of nitro benzene ring substituents is 1. The third-order valence-corrected chi connectivity index (χ3v) is 2.67. The molecule has 0 saturated carbocycles. The zero-order valence-corrected chi connectivity index (χ0v) is 11.2. The van der Waals surface area contributed by atoms with Crippen LogP contribution in [-0.2, 0) is 11.2 Å². The number of non-ortho nitro benzene ring substituents is 1. The van der Waals surface area contributed by atoms with Crippen molar-refractivity contribution in [1.82, 2.24) is 10.6 Å². The van der Waals surface area contributed by atoms with Crippen LogP contribution in [0.1, 0.15) is 19.4 Å². The summed E-state index contributed by atoms with van der Waals surface area (Å²) in [5.74, 6) is -0.0846. The number of nitro groups is 1. The Balaban J connectivity index is 2.42. The van der Waals surface area contributed by atoms with Gasteiger partial charge in [0.1, 0.15) is 0 Å². The molecule has 1 aromatic carbocycles. The highest BCUT2D eigenvalue weighted by Gasteiger charge is 2.08. The minimum atomic E-state index is -0.456. The second-order valence-corrected chi connectivity index (χ2v) is 4.36. The van der Waals surface area contributed by atoms with Gasteiger partial charge >= 0.3 is 0 Å². The lowest BCUT2D eigenvalue weighted by Gasteiger charge is -2.13. The van der Waals surface area contributed by atoms with Gasteiger partial charge in [-0.25, -0.2) is 0 Å². The molecule has 0 aromatic heterocycles. The summed E-state index contributed by atoms with van der Waals surface area (Å²) < 4.78 is 0. The van der Waals surface area contributed by atoms with Gasteiger partial charge in [0.15, 0.2) is 0 Å². The average molecular weight is 265 g/mol. The first kappa shape index (κ1) is 15.1. The van der Waals surface area contributed by atoms with E-state index in [0.29, 0.717) is 6.54 Å². The maximum absolute atomic E-state index is 11.7. The lowest BCUT2D eigenvalue weighted by Crippen LogP contribution is -2.39. The number of hydrogen-bond donors (Lipinski definition) is 2. The fraction of sp³-hybridized carbons (Fsp3) is 0.462. The Morgan fingerprint density at radius 1 is 1.37 bits per heavy atom. The predicted molar refractivity (Wildman–Crippen MR) is 72.9 cm³/mol. The molecule has 0 spiro atoms. The molecule has 0 radical (unpaired) electrons. The molecule has 0 aliphatic carbocycles. The Morgan fingerprint density at radius 2 is 2.00 bits per heavy atom. The zero-order chi connectivity index (χ0) is 14.3. The molecule has 0 heterocycles. The van der Waals surface area contributed by atoms with E-state index in [4.69, 9.17) is 0 Å². The van der Waals surface area contributed by atoms with Crippen molar-refractivity contribution in [2.24, 2.45) is 0 Å². The van der Waals surface area contributed by atoms with Gasteiger partial charge < -0.3 is 10.6 Å². The van der Waals surface area contributed by atoms with Crippen LogP contribution in [0.15, 0.2) is 24.3 Å². The zero-order valence-electron chi connectivity index (χ0n) is 11.2. The lowest BCUT2D eigenvalue weighted by atomic mass is 10.1. The van der Waals surface area contributed by atoms with E-state index >= 15 is 0 Å². The molecule has 0 unspecified atom stereocenters. The number of rotatable bonds is 7. The summed E-state index contributed by atoms with van der Waals surface area (Å²) in [4.78, 5) is 21.7. The summed E-state index contributed by atoms with van der Waals surface area (Å²) in [6, 6.07) is 6.25. The molecule has 0 aliphatic rings. The van der Waals surface area contributed by atoms with Crippen LogP contribution in [-0.4, -0.2) is 30.0 Å². The number of hydrogen-bond acceptors (Lipinski definition) is 4. The first-order valence-corrected chi connectivity index (χ1v) is 6.26. The minimum Gasteiger partial charge on any atom is -0.354 e. The Kier molecular flexibility index (Phi) is 5.95. The van der Waals surface area contributed by atoms with Crippen molar-refractivity contribution in [1.29, 1.82) is 0 Å². The fourth-order valence-electron chi connectivity index (χ4n) is 1.67. The minimum absolute atomic E-state index is 0.0323. The van der Waals surface area contributed by atoms with Gasteiger partial charge in [0.25, 0.3) is 5.69 Å². The predicted octanol–water partition coefficient (Wildman–Crippen LogP) is 1.25. The Hall–Kier alpha value is -1.95. The molecule has 6 nitrogen and oxygen atoms in total. The number of amides is 1. The van der Waals surface area contributed by atoms with Gasteiger partial charge in [0.05, 0.1) is 11.3 Å². The maximum atomic E-state index is 11.7. The van der Waals surface area contributed by atoms with Crippen molar-refractivity contribution in [2.45, 2.75) is 26.3 Å². The van der Waals surface area contributed by atoms with Gasteiger partial charge in [-0.15, -0.1) is 0 Å². The van der Waals surface area contributed by atoms with E-state index in [2.05, 4.69) is 10.6 Å². The quantitative estimate of drug-likeness (QED) is 0.574. The topological polar surface area (TPSA) is 84.3 Å². The van der Waals surface area contributed by atoms with Crippen LogP contribution in [0.2, 0.25) is 0 Å². The van der Waals surface area contributed by atoms with Crippen molar-refractivity contribution in [3.63, 3.8) is 0 Å². The maximum Gasteiger partial charge on any atom is 0.269 e. The van der Waals surface area contributed by atoms with Crippen molar-refractivity contribution in [3.05, 3.63) is 39.9 Å². The molecule has 104 valence electrons. The van der Waals surface area contributed by atoms with Crippen molar-refractivity contribution < 1.29 is 9.72 Å². The van der Waals surface area contributed by atoms with Gasteiger partial charge in [-0.05, 0) is 19.0 Å². The van der Waals surface area contributed by atoms with Gasteiger partial charge in [-0.2, -0.15) is 0 Å². The number of carbonyl (C=O) groups is 1. The average Bonchev–Trinajstić information content (AvgIpc) is 2.37. The summed E-state index contributed by atoms with van der Waals surface area (Å²) in [6.07, 6.45) is 0.233. The van der Waals surface area contributed by atoms with Crippen LogP contribution >= 0.6 is 0 Å². The molecular formula is C13H19N3O3.